The van der Waals surface area contributed by atoms with Crippen molar-refractivity contribution >= 4 is 21.7 Å². The maximum absolute atomic E-state index is 11.6. The first kappa shape index (κ1) is 10.4. The summed E-state index contributed by atoms with van der Waals surface area (Å²) in [6, 6.07) is 0. The summed E-state index contributed by atoms with van der Waals surface area (Å²) in [7, 11) is 1.75. The fraction of sp³-hybridized carbons (Fsp3) is 0.500. The van der Waals surface area contributed by atoms with Crippen LogP contribution in [0, 0.1) is 0 Å². The lowest BCUT2D eigenvalue weighted by Crippen LogP contribution is -2.09. The fourth-order valence-corrected chi connectivity index (χ4v) is 1.67. The quantitative estimate of drug-likeness (QED) is 0.809. The molecule has 0 aliphatic heterocycles. The highest BCUT2D eigenvalue weighted by molar-refractivity contribution is 9.10. The fourth-order valence-electron chi connectivity index (χ4n) is 1.11. The van der Waals surface area contributed by atoms with E-state index in [4.69, 9.17) is 5.73 Å². The summed E-state index contributed by atoms with van der Waals surface area (Å²) < 4.78 is 2.32. The number of ketones is 1. The van der Waals surface area contributed by atoms with Crippen molar-refractivity contribution in [3.63, 3.8) is 0 Å². The van der Waals surface area contributed by atoms with E-state index in [9.17, 15) is 4.79 Å². The molecule has 72 valence electrons. The second-order valence-electron chi connectivity index (χ2n) is 2.78. The lowest BCUT2D eigenvalue weighted by molar-refractivity contribution is 0.0971. The molecule has 0 amide bonds. The Morgan fingerprint density at radius 1 is 1.77 bits per heavy atom. The van der Waals surface area contributed by atoms with Gasteiger partial charge in [0.2, 0.25) is 0 Å². The molecule has 1 heterocycles. The molecule has 5 heteroatoms. The first-order valence-electron chi connectivity index (χ1n) is 4.07. The number of aromatic nitrogens is 2. The maximum Gasteiger partial charge on any atom is 0.182 e. The number of aryl methyl sites for hydroxylation is 1. The van der Waals surface area contributed by atoms with E-state index in [1.165, 1.54) is 0 Å². The molecule has 0 spiro atoms. The van der Waals surface area contributed by atoms with Crippen LogP contribution in [-0.4, -0.2) is 22.1 Å². The van der Waals surface area contributed by atoms with E-state index in [1.807, 2.05) is 0 Å². The first-order chi connectivity index (χ1) is 6.16. The Balaban J connectivity index is 2.76. The zero-order valence-electron chi connectivity index (χ0n) is 7.46. The maximum atomic E-state index is 11.6. The average Bonchev–Trinajstić information content (AvgIpc) is 2.42. The Morgan fingerprint density at radius 2 is 2.46 bits per heavy atom. The number of carbonyl (C=O) groups is 1. The van der Waals surface area contributed by atoms with Crippen LogP contribution in [0.25, 0.3) is 0 Å². The predicted octanol–water partition coefficient (Wildman–Crippen LogP) is 1.10. The van der Waals surface area contributed by atoms with Gasteiger partial charge < -0.3 is 5.73 Å². The van der Waals surface area contributed by atoms with Gasteiger partial charge in [-0.3, -0.25) is 9.48 Å². The molecule has 13 heavy (non-hydrogen) atoms. The minimum Gasteiger partial charge on any atom is -0.330 e. The van der Waals surface area contributed by atoms with Crippen molar-refractivity contribution < 1.29 is 4.79 Å². The molecule has 0 atom stereocenters. The van der Waals surface area contributed by atoms with E-state index in [2.05, 4.69) is 21.0 Å². The molecule has 0 saturated heterocycles. The lowest BCUT2D eigenvalue weighted by Gasteiger charge is -2.00. The predicted molar refractivity (Wildman–Crippen MR) is 53.5 cm³/mol. The van der Waals surface area contributed by atoms with Gasteiger partial charge in [0.15, 0.2) is 5.78 Å². The van der Waals surface area contributed by atoms with Gasteiger partial charge in [0.1, 0.15) is 5.69 Å². The van der Waals surface area contributed by atoms with Crippen LogP contribution in [0.5, 0.6) is 0 Å². The van der Waals surface area contributed by atoms with E-state index < -0.39 is 0 Å². The summed E-state index contributed by atoms with van der Waals surface area (Å²) in [6.07, 6.45) is 2.82. The van der Waals surface area contributed by atoms with Crippen LogP contribution < -0.4 is 5.73 Å². The Kier molecular flexibility index (Phi) is 3.62. The zero-order valence-corrected chi connectivity index (χ0v) is 9.04. The van der Waals surface area contributed by atoms with Crippen molar-refractivity contribution in [1.29, 1.82) is 0 Å². The van der Waals surface area contributed by atoms with E-state index >= 15 is 0 Å². The summed E-state index contributed by atoms with van der Waals surface area (Å²) in [6.45, 7) is 0.543. The van der Waals surface area contributed by atoms with Gasteiger partial charge in [0.05, 0.1) is 10.7 Å². The van der Waals surface area contributed by atoms with E-state index in [0.29, 0.717) is 18.7 Å². The molecule has 0 aliphatic rings. The van der Waals surface area contributed by atoms with Crippen molar-refractivity contribution in [3.8, 4) is 0 Å². The number of rotatable bonds is 4. The summed E-state index contributed by atoms with van der Waals surface area (Å²) in [5.74, 6) is 0.0809. The highest BCUT2D eigenvalue weighted by atomic mass is 79.9. The van der Waals surface area contributed by atoms with Crippen molar-refractivity contribution in [1.82, 2.24) is 9.78 Å². The van der Waals surface area contributed by atoms with E-state index in [-0.39, 0.29) is 5.78 Å². The number of halogens is 1. The minimum atomic E-state index is 0.0809. The van der Waals surface area contributed by atoms with Crippen LogP contribution in [-0.2, 0) is 7.05 Å². The van der Waals surface area contributed by atoms with Crippen LogP contribution in [0.4, 0.5) is 0 Å². The van der Waals surface area contributed by atoms with Crippen LogP contribution in [0.1, 0.15) is 23.3 Å². The Hall–Kier alpha value is -0.680. The highest BCUT2D eigenvalue weighted by Gasteiger charge is 2.13. The van der Waals surface area contributed by atoms with Gasteiger partial charge in [-0.15, -0.1) is 0 Å². The third-order valence-corrected chi connectivity index (χ3v) is 2.35. The molecular weight excluding hydrogens is 234 g/mol. The van der Waals surface area contributed by atoms with Gasteiger partial charge in [0.25, 0.3) is 0 Å². The molecule has 2 N–H and O–H groups in total. The molecule has 1 aromatic rings. The number of nitrogens with two attached hydrogens (primary N) is 1. The second kappa shape index (κ2) is 4.53. The molecule has 0 bridgehead atoms. The van der Waals surface area contributed by atoms with Crippen LogP contribution in [0.15, 0.2) is 10.7 Å². The number of Topliss-reactive ketones (excluding diaryl/α,β-unsaturated/α-hetero) is 1. The number of hydrogen-bond donors (Lipinski definition) is 1. The SMILES string of the molecule is Cn1ncc(Br)c1C(=O)CCCN. The van der Waals surface area contributed by atoms with Crippen LogP contribution in [0.3, 0.4) is 0 Å². The van der Waals surface area contributed by atoms with Gasteiger partial charge in [-0.25, -0.2) is 0 Å². The average molecular weight is 246 g/mol. The summed E-state index contributed by atoms with van der Waals surface area (Å²) in [5, 5.41) is 3.96. The van der Waals surface area contributed by atoms with Crippen molar-refractivity contribution in [2.75, 3.05) is 6.54 Å². The molecule has 0 aliphatic carbocycles. The van der Waals surface area contributed by atoms with Crippen LogP contribution >= 0.6 is 15.9 Å². The summed E-state index contributed by atoms with van der Waals surface area (Å²) >= 11 is 3.27. The highest BCUT2D eigenvalue weighted by Crippen LogP contribution is 2.17. The number of nitrogens with zero attached hydrogens (tertiary/aromatic N) is 2. The van der Waals surface area contributed by atoms with E-state index in [1.54, 1.807) is 17.9 Å². The first-order valence-corrected chi connectivity index (χ1v) is 4.87. The zero-order chi connectivity index (χ0) is 9.84. The third kappa shape index (κ3) is 2.38. The normalized spacial score (nSPS) is 10.4. The Bertz CT molecular complexity index is 289. The summed E-state index contributed by atoms with van der Waals surface area (Å²) in [5.41, 5.74) is 5.94. The molecule has 0 unspecified atom stereocenters. The largest absolute Gasteiger partial charge is 0.330 e. The molecular formula is C8H12BrN3O. The van der Waals surface area contributed by atoms with E-state index in [0.717, 1.165) is 10.9 Å². The Labute approximate surface area is 85.2 Å². The van der Waals surface area contributed by atoms with Gasteiger partial charge in [0, 0.05) is 13.5 Å². The second-order valence-corrected chi connectivity index (χ2v) is 3.63. The van der Waals surface area contributed by atoms with Crippen molar-refractivity contribution in [2.45, 2.75) is 12.8 Å². The topological polar surface area (TPSA) is 60.9 Å². The molecule has 1 rings (SSSR count). The number of hydrogen-bond acceptors (Lipinski definition) is 3. The van der Waals surface area contributed by atoms with Gasteiger partial charge >= 0.3 is 0 Å². The molecule has 0 fully saturated rings. The van der Waals surface area contributed by atoms with Crippen molar-refractivity contribution in [2.24, 2.45) is 12.8 Å². The number of carbonyl (C=O) groups excluding carboxylic acids is 1. The van der Waals surface area contributed by atoms with Gasteiger partial charge in [-0.2, -0.15) is 5.10 Å². The molecule has 0 radical (unpaired) electrons. The minimum absolute atomic E-state index is 0.0809. The molecule has 0 aromatic carbocycles. The Morgan fingerprint density at radius 3 is 2.92 bits per heavy atom. The lowest BCUT2D eigenvalue weighted by atomic mass is 10.2. The third-order valence-electron chi connectivity index (χ3n) is 1.77. The van der Waals surface area contributed by atoms with Gasteiger partial charge in [-0.1, -0.05) is 0 Å². The standard InChI is InChI=1S/C8H12BrN3O/c1-12-8(6(9)5-11-12)7(13)3-2-4-10/h5H,2-4,10H2,1H3. The van der Waals surface area contributed by atoms with Crippen LogP contribution in [0.2, 0.25) is 0 Å². The van der Waals surface area contributed by atoms with Crippen molar-refractivity contribution in [3.05, 3.63) is 16.4 Å². The smallest absolute Gasteiger partial charge is 0.182 e. The molecule has 4 nitrogen and oxygen atoms in total. The van der Waals surface area contributed by atoms with Gasteiger partial charge in [-0.05, 0) is 28.9 Å². The monoisotopic (exact) mass is 245 g/mol. The summed E-state index contributed by atoms with van der Waals surface area (Å²) in [4.78, 5) is 11.6. The molecule has 0 saturated carbocycles. The molecule has 1 aromatic heterocycles.